The summed E-state index contributed by atoms with van der Waals surface area (Å²) in [4.78, 5) is 13.8. The fraction of sp³-hybridized carbons (Fsp3) is 0.320. The van der Waals surface area contributed by atoms with Crippen LogP contribution < -0.4 is 9.64 Å². The van der Waals surface area contributed by atoms with E-state index >= 15 is 0 Å². The van der Waals surface area contributed by atoms with E-state index in [1.807, 2.05) is 51.6 Å². The monoisotopic (exact) mass is 446 g/mol. The molecule has 0 aliphatic carbocycles. The summed E-state index contributed by atoms with van der Waals surface area (Å²) in [6.45, 7) is 1.57. The number of aliphatic hydroxyl groups excluding tert-OH is 1. The highest BCUT2D eigenvalue weighted by Crippen LogP contribution is 2.32. The highest BCUT2D eigenvalue weighted by Gasteiger charge is 2.14. The molecule has 172 valence electrons. The van der Waals surface area contributed by atoms with Crippen molar-refractivity contribution >= 4 is 22.4 Å². The lowest BCUT2D eigenvalue weighted by Crippen LogP contribution is -2.20. The van der Waals surface area contributed by atoms with Crippen molar-refractivity contribution in [2.24, 2.45) is 7.05 Å². The summed E-state index contributed by atoms with van der Waals surface area (Å²) in [5.41, 5.74) is 6.49. The first kappa shape index (κ1) is 22.7. The zero-order chi connectivity index (χ0) is 23.4. The lowest BCUT2D eigenvalue weighted by molar-refractivity contribution is 0.291. The number of aryl methyl sites for hydroxylation is 1. The minimum absolute atomic E-state index is 0.115. The SMILES string of the molecule is COc1cc(CN(C)C)cc(N(CCCO)c2ccc3ncc(-c4cnn(C)c4)nc3c2)c1. The molecule has 8 nitrogen and oxygen atoms in total. The van der Waals surface area contributed by atoms with Gasteiger partial charge in [0.05, 0.1) is 36.2 Å². The lowest BCUT2D eigenvalue weighted by atomic mass is 10.1. The molecular formula is C25H30N6O2. The molecule has 0 fully saturated rings. The summed E-state index contributed by atoms with van der Waals surface area (Å²) in [6.07, 6.45) is 6.13. The predicted molar refractivity (Wildman–Crippen MR) is 131 cm³/mol. The molecule has 4 rings (SSSR count). The number of aliphatic hydroxyl groups is 1. The number of aromatic nitrogens is 4. The number of nitrogens with zero attached hydrogens (tertiary/aromatic N) is 6. The van der Waals surface area contributed by atoms with E-state index < -0.39 is 0 Å². The number of methoxy groups -OCH3 is 1. The van der Waals surface area contributed by atoms with E-state index in [1.165, 1.54) is 0 Å². The number of rotatable bonds is 9. The topological polar surface area (TPSA) is 79.5 Å². The fourth-order valence-corrected chi connectivity index (χ4v) is 3.87. The number of hydrogen-bond donors (Lipinski definition) is 1. The van der Waals surface area contributed by atoms with Gasteiger partial charge in [0.2, 0.25) is 0 Å². The van der Waals surface area contributed by atoms with Gasteiger partial charge in [0.15, 0.2) is 0 Å². The van der Waals surface area contributed by atoms with Gasteiger partial charge < -0.3 is 19.6 Å². The van der Waals surface area contributed by atoms with Gasteiger partial charge >= 0.3 is 0 Å². The largest absolute Gasteiger partial charge is 0.497 e. The molecule has 2 heterocycles. The van der Waals surface area contributed by atoms with Gasteiger partial charge in [-0.2, -0.15) is 5.10 Å². The lowest BCUT2D eigenvalue weighted by Gasteiger charge is -2.26. The van der Waals surface area contributed by atoms with E-state index in [0.29, 0.717) is 13.0 Å². The molecule has 0 amide bonds. The molecule has 0 bridgehead atoms. The summed E-state index contributed by atoms with van der Waals surface area (Å²) in [5.74, 6) is 0.804. The highest BCUT2D eigenvalue weighted by molar-refractivity contribution is 5.82. The van der Waals surface area contributed by atoms with Gasteiger partial charge in [0, 0.05) is 55.9 Å². The van der Waals surface area contributed by atoms with Crippen LogP contribution in [0.1, 0.15) is 12.0 Å². The van der Waals surface area contributed by atoms with E-state index in [4.69, 9.17) is 9.72 Å². The van der Waals surface area contributed by atoms with Gasteiger partial charge in [-0.1, -0.05) is 0 Å². The van der Waals surface area contributed by atoms with Gasteiger partial charge in [-0.05, 0) is 56.4 Å². The molecule has 4 aromatic rings. The Morgan fingerprint density at radius 2 is 1.88 bits per heavy atom. The fourth-order valence-electron chi connectivity index (χ4n) is 3.87. The number of anilines is 2. The van der Waals surface area contributed by atoms with Crippen molar-refractivity contribution in [2.75, 3.05) is 39.3 Å². The van der Waals surface area contributed by atoms with Crippen molar-refractivity contribution in [3.05, 3.63) is 60.6 Å². The van der Waals surface area contributed by atoms with Crippen molar-refractivity contribution in [3.8, 4) is 17.0 Å². The summed E-state index contributed by atoms with van der Waals surface area (Å²) < 4.78 is 7.33. The van der Waals surface area contributed by atoms with E-state index in [2.05, 4.69) is 32.0 Å². The molecule has 33 heavy (non-hydrogen) atoms. The Labute approximate surface area is 194 Å². The first-order chi connectivity index (χ1) is 16.0. The third-order valence-electron chi connectivity index (χ3n) is 5.38. The third kappa shape index (κ3) is 5.30. The van der Waals surface area contributed by atoms with E-state index in [1.54, 1.807) is 24.2 Å². The molecule has 0 saturated carbocycles. The molecular weight excluding hydrogens is 416 g/mol. The Bertz CT molecular complexity index is 1240. The first-order valence-electron chi connectivity index (χ1n) is 10.9. The normalized spacial score (nSPS) is 11.3. The summed E-state index contributed by atoms with van der Waals surface area (Å²) in [6, 6.07) is 12.3. The van der Waals surface area contributed by atoms with Crippen molar-refractivity contribution in [1.29, 1.82) is 0 Å². The molecule has 0 spiro atoms. The Hall–Kier alpha value is -3.49. The Morgan fingerprint density at radius 3 is 2.58 bits per heavy atom. The Kier molecular flexibility index (Phi) is 6.86. The van der Waals surface area contributed by atoms with Gasteiger partial charge in [-0.25, -0.2) is 4.98 Å². The maximum atomic E-state index is 9.53. The van der Waals surface area contributed by atoms with Crippen LogP contribution in [-0.2, 0) is 13.6 Å². The quantitative estimate of drug-likeness (QED) is 0.421. The van der Waals surface area contributed by atoms with E-state index in [9.17, 15) is 5.11 Å². The highest BCUT2D eigenvalue weighted by atomic mass is 16.5. The maximum absolute atomic E-state index is 9.53. The van der Waals surface area contributed by atoms with Crippen molar-refractivity contribution in [2.45, 2.75) is 13.0 Å². The van der Waals surface area contributed by atoms with Crippen LogP contribution in [0.2, 0.25) is 0 Å². The molecule has 0 radical (unpaired) electrons. The zero-order valence-electron chi connectivity index (χ0n) is 19.6. The minimum Gasteiger partial charge on any atom is -0.497 e. The van der Waals surface area contributed by atoms with Crippen LogP contribution in [0.3, 0.4) is 0 Å². The summed E-state index contributed by atoms with van der Waals surface area (Å²) in [7, 11) is 7.66. The molecule has 2 aromatic heterocycles. The first-order valence-corrected chi connectivity index (χ1v) is 10.9. The molecule has 1 N–H and O–H groups in total. The average molecular weight is 447 g/mol. The number of fused-ring (bicyclic) bond motifs is 1. The maximum Gasteiger partial charge on any atom is 0.121 e. The number of benzene rings is 2. The van der Waals surface area contributed by atoms with Gasteiger partial charge in [-0.15, -0.1) is 0 Å². The van der Waals surface area contributed by atoms with Crippen LogP contribution in [0.5, 0.6) is 5.75 Å². The molecule has 0 saturated heterocycles. The van der Waals surface area contributed by atoms with E-state index in [0.717, 1.165) is 51.5 Å². The van der Waals surface area contributed by atoms with Crippen LogP contribution in [0.25, 0.3) is 22.3 Å². The Balaban J connectivity index is 1.77. The summed E-state index contributed by atoms with van der Waals surface area (Å²) in [5, 5.41) is 13.8. The number of ether oxygens (including phenoxy) is 1. The second kappa shape index (κ2) is 9.97. The molecule has 0 aliphatic heterocycles. The zero-order valence-corrected chi connectivity index (χ0v) is 19.6. The second-order valence-corrected chi connectivity index (χ2v) is 8.34. The van der Waals surface area contributed by atoms with Crippen LogP contribution >= 0.6 is 0 Å². The predicted octanol–water partition coefficient (Wildman–Crippen LogP) is 3.62. The van der Waals surface area contributed by atoms with Crippen LogP contribution in [0.4, 0.5) is 11.4 Å². The Morgan fingerprint density at radius 1 is 1.03 bits per heavy atom. The number of hydrogen-bond acceptors (Lipinski definition) is 7. The van der Waals surface area contributed by atoms with Crippen LogP contribution in [-0.4, -0.2) is 64.1 Å². The third-order valence-corrected chi connectivity index (χ3v) is 5.38. The van der Waals surface area contributed by atoms with Crippen molar-refractivity contribution in [1.82, 2.24) is 24.6 Å². The average Bonchev–Trinajstić information content (AvgIpc) is 3.24. The molecule has 0 unspecified atom stereocenters. The van der Waals surface area contributed by atoms with Gasteiger partial charge in [0.25, 0.3) is 0 Å². The molecule has 0 atom stereocenters. The molecule has 8 heteroatoms. The van der Waals surface area contributed by atoms with Crippen molar-refractivity contribution in [3.63, 3.8) is 0 Å². The van der Waals surface area contributed by atoms with Gasteiger partial charge in [-0.3, -0.25) is 9.67 Å². The van der Waals surface area contributed by atoms with Crippen LogP contribution in [0.15, 0.2) is 55.0 Å². The van der Waals surface area contributed by atoms with Crippen LogP contribution in [0, 0.1) is 0 Å². The minimum atomic E-state index is 0.115. The molecule has 2 aromatic carbocycles. The van der Waals surface area contributed by atoms with E-state index in [-0.39, 0.29) is 6.61 Å². The molecule has 0 aliphatic rings. The summed E-state index contributed by atoms with van der Waals surface area (Å²) >= 11 is 0. The second-order valence-electron chi connectivity index (χ2n) is 8.34. The van der Waals surface area contributed by atoms with Crippen molar-refractivity contribution < 1.29 is 9.84 Å². The standard InChI is InChI=1S/C25H30N6O2/c1-29(2)16-18-10-21(12-22(11-18)33-4)31(8-5-9-32)20-6-7-23-24(13-20)28-25(15-26-23)19-14-27-30(3)17-19/h6-7,10-15,17,32H,5,8-9,16H2,1-4H3. The smallest absolute Gasteiger partial charge is 0.121 e. The van der Waals surface area contributed by atoms with Gasteiger partial charge in [0.1, 0.15) is 5.75 Å².